The van der Waals surface area contributed by atoms with E-state index in [0.29, 0.717) is 28.8 Å². The summed E-state index contributed by atoms with van der Waals surface area (Å²) < 4.78 is 17.3. The molecule has 6 nitrogen and oxygen atoms in total. The summed E-state index contributed by atoms with van der Waals surface area (Å²) in [5, 5.41) is 24.5. The van der Waals surface area contributed by atoms with Gasteiger partial charge in [0.2, 0.25) is 0 Å². The highest BCUT2D eigenvalue weighted by atomic mass is 19.1. The van der Waals surface area contributed by atoms with Crippen molar-refractivity contribution in [1.82, 2.24) is 25.1 Å². The first-order valence-corrected chi connectivity index (χ1v) is 10.5. The van der Waals surface area contributed by atoms with Gasteiger partial charge in [-0.05, 0) is 58.4 Å². The van der Waals surface area contributed by atoms with Crippen LogP contribution in [0.1, 0.15) is 40.2 Å². The molecular weight excluding hydrogens is 393 g/mol. The number of hydrogen-bond donors (Lipinski definition) is 2. The van der Waals surface area contributed by atoms with Crippen molar-refractivity contribution in [2.75, 3.05) is 0 Å². The van der Waals surface area contributed by atoms with Gasteiger partial charge in [0.05, 0.1) is 17.3 Å². The molecule has 1 aliphatic rings. The molecule has 3 aromatic heterocycles. The minimum Gasteiger partial charge on any atom is -0.507 e. The fourth-order valence-electron chi connectivity index (χ4n) is 5.01. The van der Waals surface area contributed by atoms with Gasteiger partial charge in [-0.25, -0.2) is 4.39 Å². The number of piperidine rings is 1. The van der Waals surface area contributed by atoms with Gasteiger partial charge in [-0.3, -0.25) is 4.98 Å². The van der Waals surface area contributed by atoms with E-state index in [9.17, 15) is 5.11 Å². The van der Waals surface area contributed by atoms with Gasteiger partial charge < -0.3 is 15.0 Å². The van der Waals surface area contributed by atoms with Gasteiger partial charge in [-0.15, -0.1) is 10.2 Å². The standard InChI is InChI=1S/C24H26FN5O/c1-23(2)13-19(21(25)24(3,4)29-23)30-9-7-15-11-18(27-28-22(15)30)16-10-14-6-5-8-26-17(14)12-20(16)31/h5-12,19,21,29,31H,13H2,1-4H3/t19-,21-/m0/s1. The predicted octanol–water partition coefficient (Wildman–Crippen LogP) is 4.78. The van der Waals surface area contributed by atoms with E-state index in [-0.39, 0.29) is 17.3 Å². The minimum atomic E-state index is -1.07. The van der Waals surface area contributed by atoms with E-state index in [1.54, 1.807) is 12.3 Å². The molecule has 0 bridgehead atoms. The fourth-order valence-corrected chi connectivity index (χ4v) is 5.01. The van der Waals surface area contributed by atoms with E-state index < -0.39 is 11.7 Å². The molecule has 4 aromatic rings. The summed E-state index contributed by atoms with van der Waals surface area (Å²) in [4.78, 5) is 4.27. The lowest BCUT2D eigenvalue weighted by Crippen LogP contribution is -2.64. The molecule has 31 heavy (non-hydrogen) atoms. The van der Waals surface area contributed by atoms with E-state index in [1.165, 1.54) is 0 Å². The number of pyridine rings is 1. The minimum absolute atomic E-state index is 0.102. The van der Waals surface area contributed by atoms with Crippen molar-refractivity contribution in [1.29, 1.82) is 0 Å². The Balaban J connectivity index is 1.58. The van der Waals surface area contributed by atoms with Crippen LogP contribution in [0.25, 0.3) is 33.2 Å². The van der Waals surface area contributed by atoms with Gasteiger partial charge >= 0.3 is 0 Å². The molecule has 4 heterocycles. The van der Waals surface area contributed by atoms with Crippen LogP contribution in [-0.4, -0.2) is 42.1 Å². The normalized spacial score (nSPS) is 22.7. The van der Waals surface area contributed by atoms with Crippen LogP contribution in [0.15, 0.2) is 48.8 Å². The number of aromatic nitrogens is 4. The summed E-state index contributed by atoms with van der Waals surface area (Å²) in [5.41, 5.74) is 1.67. The Morgan fingerprint density at radius 3 is 2.71 bits per heavy atom. The average Bonchev–Trinajstić information content (AvgIpc) is 3.12. The molecule has 2 N–H and O–H groups in total. The molecule has 1 aromatic carbocycles. The molecule has 1 fully saturated rings. The highest BCUT2D eigenvalue weighted by molar-refractivity contribution is 5.89. The van der Waals surface area contributed by atoms with Crippen LogP contribution in [0.4, 0.5) is 4.39 Å². The summed E-state index contributed by atoms with van der Waals surface area (Å²) in [6, 6.07) is 10.8. The molecule has 0 spiro atoms. The first-order valence-electron chi connectivity index (χ1n) is 10.5. The Hall–Kier alpha value is -3.06. The van der Waals surface area contributed by atoms with Crippen LogP contribution in [0.5, 0.6) is 5.75 Å². The Morgan fingerprint density at radius 1 is 1.10 bits per heavy atom. The predicted molar refractivity (Wildman–Crippen MR) is 120 cm³/mol. The maximum absolute atomic E-state index is 15.4. The highest BCUT2D eigenvalue weighted by Gasteiger charge is 2.47. The second-order valence-corrected chi connectivity index (χ2v) is 9.70. The number of nitrogens with zero attached hydrogens (tertiary/aromatic N) is 4. The smallest absolute Gasteiger partial charge is 0.162 e. The Labute approximate surface area is 180 Å². The van der Waals surface area contributed by atoms with E-state index in [1.807, 2.05) is 54.9 Å². The zero-order chi connectivity index (χ0) is 22.0. The quantitative estimate of drug-likeness (QED) is 0.489. The molecule has 1 saturated heterocycles. The Morgan fingerprint density at radius 2 is 1.90 bits per heavy atom. The average molecular weight is 420 g/mol. The molecule has 0 saturated carbocycles. The van der Waals surface area contributed by atoms with Crippen LogP contribution >= 0.6 is 0 Å². The van der Waals surface area contributed by atoms with Crippen LogP contribution in [0, 0.1) is 0 Å². The second-order valence-electron chi connectivity index (χ2n) is 9.70. The van der Waals surface area contributed by atoms with E-state index in [2.05, 4.69) is 34.3 Å². The van der Waals surface area contributed by atoms with E-state index in [4.69, 9.17) is 0 Å². The van der Waals surface area contributed by atoms with Gasteiger partial charge in [0, 0.05) is 45.9 Å². The number of alkyl halides is 1. The summed E-state index contributed by atoms with van der Waals surface area (Å²) in [5.74, 6) is 0.102. The Kier molecular flexibility index (Phi) is 4.31. The van der Waals surface area contributed by atoms with Gasteiger partial charge in [-0.1, -0.05) is 6.07 Å². The number of rotatable bonds is 2. The van der Waals surface area contributed by atoms with E-state index in [0.717, 1.165) is 10.8 Å². The second kappa shape index (κ2) is 6.72. The maximum atomic E-state index is 15.4. The van der Waals surface area contributed by atoms with Crippen molar-refractivity contribution in [3.63, 3.8) is 0 Å². The number of phenolic OH excluding ortho intramolecular Hbond substituents is 1. The maximum Gasteiger partial charge on any atom is 0.162 e. The fraction of sp³-hybridized carbons (Fsp3) is 0.375. The van der Waals surface area contributed by atoms with Gasteiger partial charge in [0.1, 0.15) is 11.9 Å². The summed E-state index contributed by atoms with van der Waals surface area (Å²) in [7, 11) is 0. The van der Waals surface area contributed by atoms with Crippen molar-refractivity contribution in [3.8, 4) is 17.0 Å². The van der Waals surface area contributed by atoms with Crippen molar-refractivity contribution >= 4 is 21.9 Å². The monoisotopic (exact) mass is 419 g/mol. The van der Waals surface area contributed by atoms with Crippen molar-refractivity contribution in [2.45, 2.75) is 57.4 Å². The third-order valence-electron chi connectivity index (χ3n) is 6.22. The molecule has 2 atom stereocenters. The number of hydrogen-bond acceptors (Lipinski definition) is 5. The van der Waals surface area contributed by atoms with Crippen LogP contribution in [0.3, 0.4) is 0 Å². The van der Waals surface area contributed by atoms with E-state index >= 15 is 4.39 Å². The zero-order valence-corrected chi connectivity index (χ0v) is 18.1. The molecule has 160 valence electrons. The number of benzene rings is 1. The largest absolute Gasteiger partial charge is 0.507 e. The summed E-state index contributed by atoms with van der Waals surface area (Å²) >= 11 is 0. The number of aromatic hydroxyl groups is 1. The number of halogens is 1. The lowest BCUT2D eigenvalue weighted by Gasteiger charge is -2.49. The zero-order valence-electron chi connectivity index (χ0n) is 18.1. The molecule has 0 aliphatic carbocycles. The molecule has 1 aliphatic heterocycles. The molecule has 5 rings (SSSR count). The van der Waals surface area contributed by atoms with Gasteiger partial charge in [0.25, 0.3) is 0 Å². The van der Waals surface area contributed by atoms with Crippen molar-refractivity contribution < 1.29 is 9.50 Å². The van der Waals surface area contributed by atoms with Crippen molar-refractivity contribution in [2.24, 2.45) is 0 Å². The van der Waals surface area contributed by atoms with Gasteiger partial charge in [-0.2, -0.15) is 0 Å². The SMILES string of the molecule is CC1(C)C[C@H](n2ccc3cc(-c4cc5cccnc5cc4O)nnc32)[C@H](F)C(C)(C)N1. The number of phenols is 1. The first-order chi connectivity index (χ1) is 14.6. The first kappa shape index (κ1) is 19.9. The van der Waals surface area contributed by atoms with Crippen molar-refractivity contribution in [3.05, 3.63) is 48.8 Å². The van der Waals surface area contributed by atoms with Crippen LogP contribution in [0.2, 0.25) is 0 Å². The number of nitrogens with one attached hydrogen (secondary N) is 1. The molecular formula is C24H26FN5O. The summed E-state index contributed by atoms with van der Waals surface area (Å²) in [6.45, 7) is 8.00. The third-order valence-corrected chi connectivity index (χ3v) is 6.22. The lowest BCUT2D eigenvalue weighted by atomic mass is 9.78. The molecule has 0 amide bonds. The topological polar surface area (TPSA) is 75.9 Å². The lowest BCUT2D eigenvalue weighted by molar-refractivity contribution is 0.0313. The Bertz CT molecular complexity index is 1300. The van der Waals surface area contributed by atoms with Crippen LogP contribution < -0.4 is 5.32 Å². The molecule has 0 unspecified atom stereocenters. The van der Waals surface area contributed by atoms with Crippen LogP contribution in [-0.2, 0) is 0 Å². The molecule has 0 radical (unpaired) electrons. The van der Waals surface area contributed by atoms with Gasteiger partial charge in [0.15, 0.2) is 5.65 Å². The number of fused-ring (bicyclic) bond motifs is 2. The molecule has 7 heteroatoms. The third kappa shape index (κ3) is 3.33. The highest BCUT2D eigenvalue weighted by Crippen LogP contribution is 2.40. The summed E-state index contributed by atoms with van der Waals surface area (Å²) in [6.07, 6.45) is 3.15.